The second kappa shape index (κ2) is 9.36. The fourth-order valence-electron chi connectivity index (χ4n) is 3.87. The van der Waals surface area contributed by atoms with E-state index in [1.54, 1.807) is 25.9 Å². The lowest BCUT2D eigenvalue weighted by Crippen LogP contribution is -2.39. The van der Waals surface area contributed by atoms with Crippen molar-refractivity contribution in [2.45, 2.75) is 6.54 Å². The molecule has 4 rings (SSSR count). The van der Waals surface area contributed by atoms with Crippen molar-refractivity contribution in [3.63, 3.8) is 0 Å². The van der Waals surface area contributed by atoms with E-state index in [0.717, 1.165) is 25.2 Å². The summed E-state index contributed by atoms with van der Waals surface area (Å²) in [5.41, 5.74) is 1.31. The largest absolute Gasteiger partial charge is 0.493 e. The second-order valence-corrected chi connectivity index (χ2v) is 7.28. The molecule has 1 aliphatic rings. The van der Waals surface area contributed by atoms with Gasteiger partial charge in [0.25, 0.3) is 5.56 Å². The molecule has 0 unspecified atom stereocenters. The van der Waals surface area contributed by atoms with Crippen LogP contribution in [0.2, 0.25) is 0 Å². The molecular weight excluding hydrogens is 398 g/mol. The molecule has 0 saturated carbocycles. The smallest absolute Gasteiger partial charge is 0.261 e. The van der Waals surface area contributed by atoms with Gasteiger partial charge in [-0.25, -0.2) is 4.98 Å². The molecule has 1 aliphatic heterocycles. The molecule has 8 nitrogen and oxygen atoms in total. The van der Waals surface area contributed by atoms with Crippen molar-refractivity contribution in [1.82, 2.24) is 14.5 Å². The highest BCUT2D eigenvalue weighted by molar-refractivity contribution is 5.80. The van der Waals surface area contributed by atoms with Crippen molar-refractivity contribution < 1.29 is 18.9 Å². The maximum absolute atomic E-state index is 13.4. The van der Waals surface area contributed by atoms with E-state index in [0.29, 0.717) is 53.7 Å². The van der Waals surface area contributed by atoms with E-state index in [4.69, 9.17) is 23.9 Å². The van der Waals surface area contributed by atoms with Gasteiger partial charge in [0, 0.05) is 31.7 Å². The highest BCUT2D eigenvalue weighted by atomic mass is 16.5. The average Bonchev–Trinajstić information content (AvgIpc) is 2.83. The van der Waals surface area contributed by atoms with Crippen LogP contribution in [0, 0.1) is 0 Å². The van der Waals surface area contributed by atoms with Gasteiger partial charge < -0.3 is 18.9 Å². The lowest BCUT2D eigenvalue weighted by atomic mass is 10.1. The summed E-state index contributed by atoms with van der Waals surface area (Å²) in [4.78, 5) is 20.6. The fourth-order valence-corrected chi connectivity index (χ4v) is 3.87. The Balaban J connectivity index is 1.85. The third-order valence-electron chi connectivity index (χ3n) is 5.53. The Morgan fingerprint density at radius 3 is 2.29 bits per heavy atom. The molecule has 3 aromatic rings. The number of methoxy groups -OCH3 is 3. The number of benzene rings is 2. The van der Waals surface area contributed by atoms with Crippen LogP contribution < -0.4 is 19.8 Å². The predicted molar refractivity (Wildman–Crippen MR) is 118 cm³/mol. The van der Waals surface area contributed by atoms with Crippen molar-refractivity contribution in [2.75, 3.05) is 54.2 Å². The Bertz CT molecular complexity index is 1100. The first-order valence-corrected chi connectivity index (χ1v) is 10.3. The van der Waals surface area contributed by atoms with Crippen molar-refractivity contribution in [1.29, 1.82) is 0 Å². The zero-order valence-corrected chi connectivity index (χ0v) is 18.1. The molecule has 0 spiro atoms. The summed E-state index contributed by atoms with van der Waals surface area (Å²) >= 11 is 0. The molecular formula is C23H27N3O5. The quantitative estimate of drug-likeness (QED) is 0.575. The lowest BCUT2D eigenvalue weighted by molar-refractivity contribution is 0.0363. The van der Waals surface area contributed by atoms with E-state index in [9.17, 15) is 4.79 Å². The van der Waals surface area contributed by atoms with Crippen molar-refractivity contribution in [2.24, 2.45) is 0 Å². The first-order valence-electron chi connectivity index (χ1n) is 10.3. The maximum Gasteiger partial charge on any atom is 0.261 e. The summed E-state index contributed by atoms with van der Waals surface area (Å²) in [6.07, 6.45) is 0. The van der Waals surface area contributed by atoms with E-state index in [-0.39, 0.29) is 5.56 Å². The van der Waals surface area contributed by atoms with Crippen molar-refractivity contribution >= 4 is 10.9 Å². The Kier molecular flexibility index (Phi) is 6.39. The minimum absolute atomic E-state index is 0.0670. The van der Waals surface area contributed by atoms with Crippen LogP contribution >= 0.6 is 0 Å². The minimum Gasteiger partial charge on any atom is -0.493 e. The molecule has 0 aliphatic carbocycles. The topological polar surface area (TPSA) is 75.1 Å². The van der Waals surface area contributed by atoms with E-state index in [1.165, 1.54) is 0 Å². The number of ether oxygens (including phenoxy) is 4. The average molecular weight is 425 g/mol. The minimum atomic E-state index is -0.0670. The number of hydrogen-bond acceptors (Lipinski definition) is 7. The van der Waals surface area contributed by atoms with Gasteiger partial charge in [-0.05, 0) is 24.3 Å². The Labute approximate surface area is 180 Å². The molecule has 164 valence electrons. The number of aromatic nitrogens is 2. The monoisotopic (exact) mass is 425 g/mol. The molecule has 2 aromatic carbocycles. The zero-order chi connectivity index (χ0) is 21.8. The van der Waals surface area contributed by atoms with Gasteiger partial charge in [0.2, 0.25) is 5.75 Å². The number of rotatable bonds is 7. The van der Waals surface area contributed by atoms with E-state index < -0.39 is 0 Å². The van der Waals surface area contributed by atoms with Gasteiger partial charge in [-0.3, -0.25) is 14.3 Å². The van der Waals surface area contributed by atoms with E-state index in [2.05, 4.69) is 4.90 Å². The molecule has 1 saturated heterocycles. The number of para-hydroxylation sites is 1. The first kappa shape index (κ1) is 21.1. The number of fused-ring (bicyclic) bond motifs is 1. The van der Waals surface area contributed by atoms with Crippen LogP contribution in [0.5, 0.6) is 17.2 Å². The molecule has 0 N–H and O–H groups in total. The molecule has 31 heavy (non-hydrogen) atoms. The third kappa shape index (κ3) is 4.22. The lowest BCUT2D eigenvalue weighted by Gasteiger charge is -2.27. The molecule has 0 radical (unpaired) electrons. The third-order valence-corrected chi connectivity index (χ3v) is 5.53. The van der Waals surface area contributed by atoms with Crippen molar-refractivity contribution in [3.8, 4) is 28.6 Å². The van der Waals surface area contributed by atoms with Crippen LogP contribution in [0.25, 0.3) is 22.3 Å². The summed E-state index contributed by atoms with van der Waals surface area (Å²) in [5.74, 6) is 2.09. The normalized spacial score (nSPS) is 14.5. The second-order valence-electron chi connectivity index (χ2n) is 7.28. The van der Waals surface area contributed by atoms with E-state index >= 15 is 0 Å². The fraction of sp³-hybridized carbons (Fsp3) is 0.391. The SMILES string of the molecule is COc1cc(-c2nc3ccccc3c(=O)n2CCN2CCOCC2)cc(OC)c1OC. The van der Waals surface area contributed by atoms with Crippen molar-refractivity contribution in [3.05, 3.63) is 46.8 Å². The van der Waals surface area contributed by atoms with Gasteiger partial charge in [-0.15, -0.1) is 0 Å². The molecule has 8 heteroatoms. The summed E-state index contributed by atoms with van der Waals surface area (Å²) in [5, 5.41) is 0.598. The molecule has 0 atom stereocenters. The Morgan fingerprint density at radius 2 is 1.65 bits per heavy atom. The van der Waals surface area contributed by atoms with Gasteiger partial charge in [0.1, 0.15) is 5.82 Å². The summed E-state index contributed by atoms with van der Waals surface area (Å²) in [7, 11) is 4.70. The number of hydrogen-bond donors (Lipinski definition) is 0. The Hall–Kier alpha value is -3.10. The van der Waals surface area contributed by atoms with Gasteiger partial charge in [0.15, 0.2) is 11.5 Å². The Morgan fingerprint density at radius 1 is 0.968 bits per heavy atom. The molecule has 1 fully saturated rings. The standard InChI is InChI=1S/C23H27N3O5/c1-28-19-14-16(15-20(29-2)21(19)30-3)22-24-18-7-5-4-6-17(18)23(27)26(22)9-8-25-10-12-31-13-11-25/h4-7,14-15H,8-13H2,1-3H3. The zero-order valence-electron chi connectivity index (χ0n) is 18.1. The van der Waals surface area contributed by atoms with Gasteiger partial charge in [-0.2, -0.15) is 0 Å². The van der Waals surface area contributed by atoms with Crippen LogP contribution in [-0.2, 0) is 11.3 Å². The number of morpholine rings is 1. The van der Waals surface area contributed by atoms with Crippen LogP contribution in [0.15, 0.2) is 41.2 Å². The molecule has 0 bridgehead atoms. The van der Waals surface area contributed by atoms with Gasteiger partial charge >= 0.3 is 0 Å². The highest BCUT2D eigenvalue weighted by Gasteiger charge is 2.19. The van der Waals surface area contributed by atoms with Gasteiger partial charge in [-0.1, -0.05) is 12.1 Å². The summed E-state index contributed by atoms with van der Waals surface area (Å²) < 4.78 is 23.6. The predicted octanol–water partition coefficient (Wildman–Crippen LogP) is 2.42. The highest BCUT2D eigenvalue weighted by Crippen LogP contribution is 2.40. The van der Waals surface area contributed by atoms with E-state index in [1.807, 2.05) is 36.4 Å². The molecule has 0 amide bonds. The summed E-state index contributed by atoms with van der Waals surface area (Å²) in [6.45, 7) is 4.39. The molecule has 1 aromatic heterocycles. The van der Waals surface area contributed by atoms with Gasteiger partial charge in [0.05, 0.1) is 45.4 Å². The maximum atomic E-state index is 13.4. The first-order chi connectivity index (χ1) is 15.2. The number of nitrogens with zero attached hydrogens (tertiary/aromatic N) is 3. The van der Waals surface area contributed by atoms with Crippen LogP contribution in [0.1, 0.15) is 0 Å². The van der Waals surface area contributed by atoms with Crippen LogP contribution in [-0.4, -0.2) is 68.6 Å². The van der Waals surface area contributed by atoms with Crippen LogP contribution in [0.4, 0.5) is 0 Å². The molecule has 2 heterocycles. The van der Waals surface area contributed by atoms with Crippen LogP contribution in [0.3, 0.4) is 0 Å². The summed E-state index contributed by atoms with van der Waals surface area (Å²) in [6, 6.07) is 11.0.